The third kappa shape index (κ3) is 3.41. The zero-order valence-electron chi connectivity index (χ0n) is 18.1. The van der Waals surface area contributed by atoms with Crippen molar-refractivity contribution in [1.29, 1.82) is 0 Å². The predicted molar refractivity (Wildman–Crippen MR) is 123 cm³/mol. The predicted octanol–water partition coefficient (Wildman–Crippen LogP) is 1.61. The Morgan fingerprint density at radius 2 is 1.45 bits per heavy atom. The maximum atomic E-state index is 13.4. The topological polar surface area (TPSA) is 91.6 Å². The standard InChI is InChI=1S/C23H24N6O3S/c30-22-6-3-17-15-19(16-18-7-10-29(22)23(17)18)33(31,32)28-13-11-27(12-14-28)21-5-4-20(24-25-21)26-8-1-2-9-26/h1-2,4-5,8-9,15-16H,3,6-7,10-14H2. The van der Waals surface area contributed by atoms with Crippen LogP contribution in [-0.4, -0.2) is 66.1 Å². The molecule has 0 unspecified atom stereocenters. The summed E-state index contributed by atoms with van der Waals surface area (Å²) in [5, 5.41) is 8.63. The van der Waals surface area contributed by atoms with Gasteiger partial charge in [0.2, 0.25) is 15.9 Å². The van der Waals surface area contributed by atoms with Crippen LogP contribution in [0.2, 0.25) is 0 Å². The number of amides is 1. The first kappa shape index (κ1) is 20.4. The third-order valence-electron chi connectivity index (χ3n) is 6.73. The van der Waals surface area contributed by atoms with Crippen molar-refractivity contribution in [1.82, 2.24) is 19.1 Å². The molecule has 0 atom stereocenters. The summed E-state index contributed by atoms with van der Waals surface area (Å²) in [5.41, 5.74) is 2.88. The van der Waals surface area contributed by atoms with Gasteiger partial charge in [-0.15, -0.1) is 10.2 Å². The SMILES string of the molecule is O=C1CCc2cc(S(=O)(=O)N3CCN(c4ccc(-n5cccc5)nn4)CC3)cc3c2N1CC3. The minimum atomic E-state index is -3.60. The molecule has 0 saturated carbocycles. The van der Waals surface area contributed by atoms with Crippen molar-refractivity contribution in [2.45, 2.75) is 24.2 Å². The van der Waals surface area contributed by atoms with Crippen molar-refractivity contribution < 1.29 is 13.2 Å². The molecular formula is C23H24N6O3S. The Balaban J connectivity index is 1.18. The second-order valence-electron chi connectivity index (χ2n) is 8.62. The first-order chi connectivity index (χ1) is 16.0. The Morgan fingerprint density at radius 1 is 0.788 bits per heavy atom. The number of hydrogen-bond donors (Lipinski definition) is 0. The Bertz CT molecular complexity index is 1310. The van der Waals surface area contributed by atoms with Crippen molar-refractivity contribution in [2.24, 2.45) is 0 Å². The molecule has 3 aliphatic heterocycles. The molecule has 6 rings (SSSR count). The zero-order valence-corrected chi connectivity index (χ0v) is 18.9. The summed E-state index contributed by atoms with van der Waals surface area (Å²) in [4.78, 5) is 16.4. The molecule has 1 aromatic carbocycles. The average Bonchev–Trinajstić information content (AvgIpc) is 3.53. The third-order valence-corrected chi connectivity index (χ3v) is 8.61. The number of sulfonamides is 1. The van der Waals surface area contributed by atoms with Gasteiger partial charge in [0, 0.05) is 51.5 Å². The van der Waals surface area contributed by atoms with E-state index in [9.17, 15) is 13.2 Å². The van der Waals surface area contributed by atoms with E-state index in [1.54, 1.807) is 16.4 Å². The Hall–Kier alpha value is -3.24. The summed E-state index contributed by atoms with van der Waals surface area (Å²) in [7, 11) is -3.60. The van der Waals surface area contributed by atoms with E-state index in [0.717, 1.165) is 28.5 Å². The van der Waals surface area contributed by atoms with E-state index in [1.807, 2.05) is 46.1 Å². The monoisotopic (exact) mass is 464 g/mol. The molecule has 1 saturated heterocycles. The van der Waals surface area contributed by atoms with Crippen LogP contribution in [0.25, 0.3) is 5.82 Å². The van der Waals surface area contributed by atoms with Crippen molar-refractivity contribution in [2.75, 3.05) is 42.5 Å². The van der Waals surface area contributed by atoms with Crippen LogP contribution in [0, 0.1) is 0 Å². The van der Waals surface area contributed by atoms with Crippen LogP contribution in [0.15, 0.2) is 53.7 Å². The highest BCUT2D eigenvalue weighted by Crippen LogP contribution is 2.39. The number of nitrogens with zero attached hydrogens (tertiary/aromatic N) is 6. The number of rotatable bonds is 4. The van der Waals surface area contributed by atoms with Crippen LogP contribution < -0.4 is 9.80 Å². The van der Waals surface area contributed by atoms with E-state index in [-0.39, 0.29) is 5.91 Å². The van der Waals surface area contributed by atoms with E-state index in [2.05, 4.69) is 15.1 Å². The van der Waals surface area contributed by atoms with Gasteiger partial charge in [0.15, 0.2) is 11.6 Å². The van der Waals surface area contributed by atoms with Crippen LogP contribution in [0.1, 0.15) is 17.5 Å². The molecule has 170 valence electrons. The minimum absolute atomic E-state index is 0.137. The lowest BCUT2D eigenvalue weighted by molar-refractivity contribution is -0.118. The smallest absolute Gasteiger partial charge is 0.243 e. The average molecular weight is 465 g/mol. The van der Waals surface area contributed by atoms with Crippen molar-refractivity contribution in [3.05, 3.63) is 59.9 Å². The van der Waals surface area contributed by atoms with E-state index in [0.29, 0.717) is 56.9 Å². The van der Waals surface area contributed by atoms with Gasteiger partial charge in [-0.25, -0.2) is 8.42 Å². The highest BCUT2D eigenvalue weighted by Gasteiger charge is 2.35. The number of aromatic nitrogens is 3. The number of carbonyl (C=O) groups excluding carboxylic acids is 1. The van der Waals surface area contributed by atoms with Crippen molar-refractivity contribution in [3.63, 3.8) is 0 Å². The van der Waals surface area contributed by atoms with Crippen molar-refractivity contribution in [3.8, 4) is 5.82 Å². The summed E-state index contributed by atoms with van der Waals surface area (Å²) in [6, 6.07) is 11.2. The Kier molecular flexibility index (Phi) is 4.73. The highest BCUT2D eigenvalue weighted by atomic mass is 32.2. The lowest BCUT2D eigenvalue weighted by atomic mass is 10.00. The van der Waals surface area contributed by atoms with Gasteiger partial charge in [0.05, 0.1) is 10.6 Å². The van der Waals surface area contributed by atoms with E-state index >= 15 is 0 Å². The normalized spacial score (nSPS) is 18.6. The molecule has 3 aromatic rings. The molecule has 1 amide bonds. The van der Waals surface area contributed by atoms with Crippen LogP contribution in [0.3, 0.4) is 0 Å². The van der Waals surface area contributed by atoms with Gasteiger partial charge in [-0.05, 0) is 60.4 Å². The largest absolute Gasteiger partial charge is 0.352 e. The number of hydrogen-bond acceptors (Lipinski definition) is 6. The molecule has 0 spiro atoms. The number of anilines is 2. The zero-order chi connectivity index (χ0) is 22.6. The number of piperazine rings is 1. The van der Waals surface area contributed by atoms with Gasteiger partial charge in [0.1, 0.15) is 0 Å². The lowest BCUT2D eigenvalue weighted by Gasteiger charge is -2.34. The van der Waals surface area contributed by atoms with Gasteiger partial charge >= 0.3 is 0 Å². The second kappa shape index (κ2) is 7.67. The molecule has 2 aromatic heterocycles. The van der Waals surface area contributed by atoms with Crippen LogP contribution in [-0.2, 0) is 27.7 Å². The number of benzene rings is 1. The number of carbonyl (C=O) groups is 1. The van der Waals surface area contributed by atoms with Gasteiger partial charge in [-0.2, -0.15) is 4.31 Å². The lowest BCUT2D eigenvalue weighted by Crippen LogP contribution is -2.49. The van der Waals surface area contributed by atoms with E-state index in [1.165, 1.54) is 0 Å². The quantitative estimate of drug-likeness (QED) is 0.583. The maximum Gasteiger partial charge on any atom is 0.243 e. The minimum Gasteiger partial charge on any atom is -0.352 e. The molecule has 0 bridgehead atoms. The van der Waals surface area contributed by atoms with Gasteiger partial charge in [0.25, 0.3) is 0 Å². The summed E-state index contributed by atoms with van der Waals surface area (Å²) in [5.74, 6) is 1.62. The molecule has 0 radical (unpaired) electrons. The second-order valence-corrected chi connectivity index (χ2v) is 10.6. The van der Waals surface area contributed by atoms with Gasteiger partial charge in [-0.1, -0.05) is 0 Å². The van der Waals surface area contributed by atoms with Gasteiger partial charge in [-0.3, -0.25) is 4.79 Å². The Labute approximate surface area is 192 Å². The highest BCUT2D eigenvalue weighted by molar-refractivity contribution is 7.89. The molecule has 33 heavy (non-hydrogen) atoms. The first-order valence-corrected chi connectivity index (χ1v) is 12.6. The van der Waals surface area contributed by atoms with Gasteiger partial charge < -0.3 is 14.4 Å². The van der Waals surface area contributed by atoms with Crippen molar-refractivity contribution >= 4 is 27.4 Å². The van der Waals surface area contributed by atoms with E-state index in [4.69, 9.17) is 0 Å². The summed E-state index contributed by atoms with van der Waals surface area (Å²) in [6.45, 7) is 2.53. The van der Waals surface area contributed by atoms with Crippen LogP contribution in [0.5, 0.6) is 0 Å². The molecule has 0 N–H and O–H groups in total. The summed E-state index contributed by atoms with van der Waals surface area (Å²) in [6.07, 6.45) is 5.58. The summed E-state index contributed by atoms with van der Waals surface area (Å²) >= 11 is 0. The molecule has 5 heterocycles. The molecule has 10 heteroatoms. The molecule has 9 nitrogen and oxygen atoms in total. The fraction of sp³-hybridized carbons (Fsp3) is 0.348. The van der Waals surface area contributed by atoms with E-state index < -0.39 is 10.0 Å². The number of aryl methyl sites for hydroxylation is 1. The first-order valence-electron chi connectivity index (χ1n) is 11.2. The van der Waals surface area contributed by atoms with Crippen LogP contribution >= 0.6 is 0 Å². The fourth-order valence-corrected chi connectivity index (χ4v) is 6.52. The molecule has 0 aliphatic carbocycles. The van der Waals surface area contributed by atoms with Crippen LogP contribution in [0.4, 0.5) is 11.5 Å². The molecule has 1 fully saturated rings. The maximum absolute atomic E-state index is 13.4. The molecule has 3 aliphatic rings. The Morgan fingerprint density at radius 3 is 2.15 bits per heavy atom. The summed E-state index contributed by atoms with van der Waals surface area (Å²) < 4.78 is 30.3. The molecular weight excluding hydrogens is 440 g/mol. The fourth-order valence-electron chi connectivity index (χ4n) is 4.99.